The lowest BCUT2D eigenvalue weighted by atomic mass is 10.1. The van der Waals surface area contributed by atoms with Crippen molar-refractivity contribution in [2.24, 2.45) is 5.73 Å². The third-order valence-electron chi connectivity index (χ3n) is 4.88. The number of hydrogen-bond donors (Lipinski definition) is 2. The SMILES string of the molecule is NC(=O)c1ccccc1OCc1cccc(C(=O)Nc2ncccc2OCc2ccncc2)c1. The van der Waals surface area contributed by atoms with Gasteiger partial charge in [0.1, 0.15) is 19.0 Å². The molecule has 4 aromatic rings. The lowest BCUT2D eigenvalue weighted by Crippen LogP contribution is -2.15. The molecule has 4 rings (SSSR count). The molecule has 0 aliphatic rings. The Morgan fingerprint density at radius 3 is 2.35 bits per heavy atom. The van der Waals surface area contributed by atoms with Crippen molar-refractivity contribution >= 4 is 17.6 Å². The van der Waals surface area contributed by atoms with Crippen LogP contribution in [0.5, 0.6) is 11.5 Å². The van der Waals surface area contributed by atoms with E-state index >= 15 is 0 Å². The Morgan fingerprint density at radius 1 is 0.794 bits per heavy atom. The van der Waals surface area contributed by atoms with E-state index in [2.05, 4.69) is 15.3 Å². The van der Waals surface area contributed by atoms with Crippen molar-refractivity contribution in [2.45, 2.75) is 13.2 Å². The summed E-state index contributed by atoms with van der Waals surface area (Å²) in [4.78, 5) is 32.7. The van der Waals surface area contributed by atoms with Gasteiger partial charge in [0, 0.05) is 24.2 Å². The van der Waals surface area contributed by atoms with E-state index in [0.717, 1.165) is 11.1 Å². The number of carbonyl (C=O) groups is 2. The number of carbonyl (C=O) groups excluding carboxylic acids is 2. The van der Waals surface area contributed by atoms with Gasteiger partial charge in [-0.2, -0.15) is 0 Å². The number of pyridine rings is 2. The zero-order valence-electron chi connectivity index (χ0n) is 18.2. The van der Waals surface area contributed by atoms with Crippen LogP contribution in [0.25, 0.3) is 0 Å². The molecule has 0 aliphatic heterocycles. The third-order valence-corrected chi connectivity index (χ3v) is 4.88. The molecule has 0 saturated carbocycles. The quantitative estimate of drug-likeness (QED) is 0.395. The minimum atomic E-state index is -0.568. The van der Waals surface area contributed by atoms with Gasteiger partial charge in [0.25, 0.3) is 11.8 Å². The summed E-state index contributed by atoms with van der Waals surface area (Å²) in [5.74, 6) is 0.246. The summed E-state index contributed by atoms with van der Waals surface area (Å²) in [6, 6.07) is 20.9. The third kappa shape index (κ3) is 5.74. The molecule has 0 unspecified atom stereocenters. The van der Waals surface area contributed by atoms with Crippen molar-refractivity contribution in [3.63, 3.8) is 0 Å². The first kappa shape index (κ1) is 22.5. The Kier molecular flexibility index (Phi) is 7.09. The van der Waals surface area contributed by atoms with Gasteiger partial charge in [-0.05, 0) is 59.7 Å². The maximum Gasteiger partial charge on any atom is 0.256 e. The van der Waals surface area contributed by atoms with Crippen molar-refractivity contribution in [3.05, 3.63) is 114 Å². The molecule has 0 aliphatic carbocycles. The molecule has 0 fully saturated rings. The van der Waals surface area contributed by atoms with Crippen LogP contribution in [0.1, 0.15) is 31.8 Å². The van der Waals surface area contributed by atoms with Crippen LogP contribution < -0.4 is 20.5 Å². The Labute approximate surface area is 196 Å². The molecule has 34 heavy (non-hydrogen) atoms. The Hall–Kier alpha value is -4.72. The first-order valence-electron chi connectivity index (χ1n) is 10.5. The van der Waals surface area contributed by atoms with E-state index in [4.69, 9.17) is 15.2 Å². The number of nitrogens with two attached hydrogens (primary N) is 1. The van der Waals surface area contributed by atoms with Gasteiger partial charge in [0.2, 0.25) is 0 Å². The Morgan fingerprint density at radius 2 is 1.53 bits per heavy atom. The average molecular weight is 454 g/mol. The summed E-state index contributed by atoms with van der Waals surface area (Å²) in [5.41, 5.74) is 7.82. The molecule has 0 radical (unpaired) electrons. The monoisotopic (exact) mass is 454 g/mol. The topological polar surface area (TPSA) is 116 Å². The number of primary amides is 1. The van der Waals surface area contributed by atoms with E-state index < -0.39 is 5.91 Å². The van der Waals surface area contributed by atoms with Gasteiger partial charge in [0.05, 0.1) is 5.56 Å². The van der Waals surface area contributed by atoms with Crippen molar-refractivity contribution in [1.82, 2.24) is 9.97 Å². The Bertz CT molecular complexity index is 1290. The number of amides is 2. The van der Waals surface area contributed by atoms with Gasteiger partial charge < -0.3 is 20.5 Å². The number of benzene rings is 2. The van der Waals surface area contributed by atoms with Crippen molar-refractivity contribution in [1.29, 1.82) is 0 Å². The van der Waals surface area contributed by atoms with E-state index in [0.29, 0.717) is 35.1 Å². The van der Waals surface area contributed by atoms with Crippen molar-refractivity contribution in [2.75, 3.05) is 5.32 Å². The maximum atomic E-state index is 12.9. The molecule has 2 aromatic heterocycles. The van der Waals surface area contributed by atoms with Gasteiger partial charge in [-0.15, -0.1) is 0 Å². The smallest absolute Gasteiger partial charge is 0.256 e. The minimum Gasteiger partial charge on any atom is -0.488 e. The van der Waals surface area contributed by atoms with E-state index in [9.17, 15) is 9.59 Å². The number of ether oxygens (including phenoxy) is 2. The standard InChI is InChI=1S/C26H22N4O4/c27-24(31)21-7-1-2-8-22(21)33-17-19-5-3-6-20(15-19)26(32)30-25-23(9-4-12-29-25)34-16-18-10-13-28-14-11-18/h1-15H,16-17H2,(H2,27,31)(H,29,30,32). The molecule has 2 aromatic carbocycles. The average Bonchev–Trinajstić information content (AvgIpc) is 2.88. The van der Waals surface area contributed by atoms with E-state index in [1.165, 1.54) is 0 Å². The fourth-order valence-electron chi connectivity index (χ4n) is 3.18. The van der Waals surface area contributed by atoms with E-state index in [-0.39, 0.29) is 12.5 Å². The second-order valence-corrected chi connectivity index (χ2v) is 7.30. The molecule has 2 amide bonds. The predicted molar refractivity (Wildman–Crippen MR) is 126 cm³/mol. The number of nitrogens with one attached hydrogen (secondary N) is 1. The van der Waals surface area contributed by atoms with E-state index in [1.54, 1.807) is 73.2 Å². The first-order valence-corrected chi connectivity index (χ1v) is 10.5. The first-order chi connectivity index (χ1) is 16.6. The second kappa shape index (κ2) is 10.7. The van der Waals surface area contributed by atoms with Gasteiger partial charge in [-0.25, -0.2) is 4.98 Å². The van der Waals surface area contributed by atoms with Crippen LogP contribution in [0.15, 0.2) is 91.4 Å². The molecule has 8 heteroatoms. The normalized spacial score (nSPS) is 10.4. The highest BCUT2D eigenvalue weighted by atomic mass is 16.5. The summed E-state index contributed by atoms with van der Waals surface area (Å²) in [6.45, 7) is 0.478. The van der Waals surface area contributed by atoms with Gasteiger partial charge in [-0.1, -0.05) is 24.3 Å². The number of aromatic nitrogens is 2. The highest BCUT2D eigenvalue weighted by Crippen LogP contribution is 2.23. The van der Waals surface area contributed by atoms with Crippen LogP contribution in [0, 0.1) is 0 Å². The van der Waals surface area contributed by atoms with Gasteiger partial charge in [0.15, 0.2) is 11.6 Å². The Balaban J connectivity index is 1.43. The zero-order chi connectivity index (χ0) is 23.8. The molecule has 3 N–H and O–H groups in total. The van der Waals surface area contributed by atoms with Crippen LogP contribution in [0.3, 0.4) is 0 Å². The van der Waals surface area contributed by atoms with Crippen molar-refractivity contribution in [3.8, 4) is 11.5 Å². The van der Waals surface area contributed by atoms with Crippen LogP contribution in [0.4, 0.5) is 5.82 Å². The fourth-order valence-corrected chi connectivity index (χ4v) is 3.18. The molecule has 2 heterocycles. The molecule has 0 bridgehead atoms. The molecule has 0 saturated heterocycles. The number of rotatable bonds is 9. The lowest BCUT2D eigenvalue weighted by Gasteiger charge is -2.12. The predicted octanol–water partition coefficient (Wildman–Crippen LogP) is 3.99. The fraction of sp³-hybridized carbons (Fsp3) is 0.0769. The van der Waals surface area contributed by atoms with Crippen LogP contribution in [-0.4, -0.2) is 21.8 Å². The maximum absolute atomic E-state index is 12.9. The van der Waals surface area contributed by atoms with Gasteiger partial charge in [-0.3, -0.25) is 14.6 Å². The number of hydrogen-bond acceptors (Lipinski definition) is 6. The van der Waals surface area contributed by atoms with Crippen LogP contribution >= 0.6 is 0 Å². The summed E-state index contributed by atoms with van der Waals surface area (Å²) in [5, 5.41) is 2.80. The molecule has 170 valence electrons. The van der Waals surface area contributed by atoms with Gasteiger partial charge >= 0.3 is 0 Å². The van der Waals surface area contributed by atoms with Crippen molar-refractivity contribution < 1.29 is 19.1 Å². The summed E-state index contributed by atoms with van der Waals surface area (Å²) in [6.07, 6.45) is 4.96. The highest BCUT2D eigenvalue weighted by Gasteiger charge is 2.13. The summed E-state index contributed by atoms with van der Waals surface area (Å²) >= 11 is 0. The minimum absolute atomic E-state index is 0.162. The molecular formula is C26H22N4O4. The number of nitrogens with zero attached hydrogens (tertiary/aromatic N) is 2. The molecule has 0 spiro atoms. The van der Waals surface area contributed by atoms with Crippen LogP contribution in [0.2, 0.25) is 0 Å². The zero-order valence-corrected chi connectivity index (χ0v) is 18.2. The highest BCUT2D eigenvalue weighted by molar-refractivity contribution is 6.04. The lowest BCUT2D eigenvalue weighted by molar-refractivity contribution is 0.0994. The second-order valence-electron chi connectivity index (χ2n) is 7.30. The molecular weight excluding hydrogens is 432 g/mol. The largest absolute Gasteiger partial charge is 0.488 e. The molecule has 8 nitrogen and oxygen atoms in total. The van der Waals surface area contributed by atoms with E-state index in [1.807, 2.05) is 18.2 Å². The van der Waals surface area contributed by atoms with Crippen LogP contribution in [-0.2, 0) is 13.2 Å². The summed E-state index contributed by atoms with van der Waals surface area (Å²) < 4.78 is 11.6. The number of anilines is 1. The number of para-hydroxylation sites is 1. The summed E-state index contributed by atoms with van der Waals surface area (Å²) in [7, 11) is 0. The molecule has 0 atom stereocenters.